The van der Waals surface area contributed by atoms with E-state index in [0.717, 1.165) is 30.6 Å². The van der Waals surface area contributed by atoms with Crippen molar-refractivity contribution in [3.8, 4) is 17.2 Å². The van der Waals surface area contributed by atoms with Crippen LogP contribution in [0, 0.1) is 6.92 Å². The molecule has 1 aromatic carbocycles. The molecule has 2 aromatic rings. The largest absolute Gasteiger partial charge is 0.508 e. The van der Waals surface area contributed by atoms with Gasteiger partial charge in [-0.3, -0.25) is 0 Å². The van der Waals surface area contributed by atoms with Gasteiger partial charge in [0, 0.05) is 23.7 Å². The van der Waals surface area contributed by atoms with Crippen molar-refractivity contribution in [1.82, 2.24) is 10.1 Å². The average molecular weight is 260 g/mol. The lowest BCUT2D eigenvalue weighted by Crippen LogP contribution is -2.16. The van der Waals surface area contributed by atoms with E-state index in [4.69, 9.17) is 9.26 Å². The van der Waals surface area contributed by atoms with Crippen LogP contribution in [0.1, 0.15) is 30.1 Å². The van der Waals surface area contributed by atoms with Crippen LogP contribution in [0.25, 0.3) is 11.5 Å². The van der Waals surface area contributed by atoms with Crippen molar-refractivity contribution in [2.75, 3.05) is 13.2 Å². The number of hydrogen-bond donors (Lipinski definition) is 1. The van der Waals surface area contributed by atoms with Crippen molar-refractivity contribution in [3.05, 3.63) is 29.6 Å². The standard InChI is InChI=1S/C14H16N2O3/c1-9-11(5-2-6-12(9)17)14-15-13(16-19-14)10-4-3-7-18-8-10/h2,5-6,10,17H,3-4,7-8H2,1H3. The van der Waals surface area contributed by atoms with Crippen LogP contribution in [0.5, 0.6) is 5.75 Å². The Balaban J connectivity index is 1.90. The first kappa shape index (κ1) is 12.2. The lowest BCUT2D eigenvalue weighted by molar-refractivity contribution is 0.0773. The summed E-state index contributed by atoms with van der Waals surface area (Å²) in [7, 11) is 0. The smallest absolute Gasteiger partial charge is 0.258 e. The summed E-state index contributed by atoms with van der Waals surface area (Å²) in [6, 6.07) is 5.28. The molecule has 0 amide bonds. The number of aromatic nitrogens is 2. The summed E-state index contributed by atoms with van der Waals surface area (Å²) < 4.78 is 10.7. The minimum absolute atomic E-state index is 0.212. The third-order valence-electron chi connectivity index (χ3n) is 3.50. The monoisotopic (exact) mass is 260 g/mol. The molecular weight excluding hydrogens is 244 g/mol. The van der Waals surface area contributed by atoms with Crippen LogP contribution < -0.4 is 0 Å². The summed E-state index contributed by atoms with van der Waals surface area (Å²) >= 11 is 0. The number of rotatable bonds is 2. The molecule has 3 rings (SSSR count). The highest BCUT2D eigenvalue weighted by atomic mass is 16.5. The zero-order valence-electron chi connectivity index (χ0n) is 10.8. The molecule has 1 unspecified atom stereocenters. The molecule has 2 heterocycles. The fourth-order valence-corrected chi connectivity index (χ4v) is 2.31. The van der Waals surface area contributed by atoms with E-state index in [2.05, 4.69) is 10.1 Å². The molecule has 1 aromatic heterocycles. The van der Waals surface area contributed by atoms with Crippen LogP contribution in [-0.2, 0) is 4.74 Å². The summed E-state index contributed by atoms with van der Waals surface area (Å²) in [5, 5.41) is 13.7. The molecule has 0 spiro atoms. The first-order valence-corrected chi connectivity index (χ1v) is 6.46. The predicted octanol–water partition coefficient (Wildman–Crippen LogP) is 2.64. The second-order valence-corrected chi connectivity index (χ2v) is 4.82. The molecule has 1 saturated heterocycles. The van der Waals surface area contributed by atoms with Gasteiger partial charge >= 0.3 is 0 Å². The lowest BCUT2D eigenvalue weighted by Gasteiger charge is -2.18. The Kier molecular flexibility index (Phi) is 3.21. The number of hydrogen-bond acceptors (Lipinski definition) is 5. The molecule has 1 fully saturated rings. The van der Waals surface area contributed by atoms with E-state index in [1.165, 1.54) is 0 Å². The Hall–Kier alpha value is -1.88. The van der Waals surface area contributed by atoms with E-state index in [1.807, 2.05) is 13.0 Å². The second-order valence-electron chi connectivity index (χ2n) is 4.82. The summed E-state index contributed by atoms with van der Waals surface area (Å²) in [5.74, 6) is 1.59. The predicted molar refractivity (Wildman–Crippen MR) is 68.9 cm³/mol. The van der Waals surface area contributed by atoms with Crippen LogP contribution in [0.2, 0.25) is 0 Å². The lowest BCUT2D eigenvalue weighted by atomic mass is 10.0. The van der Waals surface area contributed by atoms with E-state index < -0.39 is 0 Å². The number of phenolic OH excluding ortho intramolecular Hbond substituents is 1. The van der Waals surface area contributed by atoms with Crippen molar-refractivity contribution < 1.29 is 14.4 Å². The molecule has 1 aliphatic rings. The van der Waals surface area contributed by atoms with Crippen LogP contribution in [0.3, 0.4) is 0 Å². The maximum Gasteiger partial charge on any atom is 0.258 e. The molecule has 0 radical (unpaired) electrons. The van der Waals surface area contributed by atoms with Crippen LogP contribution >= 0.6 is 0 Å². The SMILES string of the molecule is Cc1c(O)cccc1-c1nc(C2CCCOC2)no1. The summed E-state index contributed by atoms with van der Waals surface area (Å²) in [4.78, 5) is 4.44. The van der Waals surface area contributed by atoms with Crippen molar-refractivity contribution >= 4 is 0 Å². The minimum atomic E-state index is 0.212. The number of ether oxygens (including phenoxy) is 1. The summed E-state index contributed by atoms with van der Waals surface area (Å²) in [6.45, 7) is 3.29. The topological polar surface area (TPSA) is 68.4 Å². The Morgan fingerprint density at radius 2 is 2.26 bits per heavy atom. The van der Waals surface area contributed by atoms with Gasteiger partial charge in [0.2, 0.25) is 0 Å². The molecule has 1 atom stereocenters. The molecule has 0 saturated carbocycles. The fraction of sp³-hybridized carbons (Fsp3) is 0.429. The van der Waals surface area contributed by atoms with E-state index in [-0.39, 0.29) is 11.7 Å². The van der Waals surface area contributed by atoms with Crippen molar-refractivity contribution in [2.24, 2.45) is 0 Å². The molecular formula is C14H16N2O3. The number of nitrogens with zero attached hydrogens (tertiary/aromatic N) is 2. The highest BCUT2D eigenvalue weighted by Gasteiger charge is 2.22. The van der Waals surface area contributed by atoms with Crippen molar-refractivity contribution in [1.29, 1.82) is 0 Å². The highest BCUT2D eigenvalue weighted by Crippen LogP contribution is 2.30. The van der Waals surface area contributed by atoms with Crippen LogP contribution in [0.4, 0.5) is 0 Å². The van der Waals surface area contributed by atoms with Gasteiger partial charge in [0.25, 0.3) is 5.89 Å². The molecule has 0 bridgehead atoms. The van der Waals surface area contributed by atoms with Gasteiger partial charge < -0.3 is 14.4 Å². The Morgan fingerprint density at radius 1 is 1.37 bits per heavy atom. The van der Waals surface area contributed by atoms with Gasteiger partial charge in [-0.25, -0.2) is 0 Å². The van der Waals surface area contributed by atoms with Gasteiger partial charge in [-0.05, 0) is 31.9 Å². The summed E-state index contributed by atoms with van der Waals surface area (Å²) in [5.41, 5.74) is 1.52. The van der Waals surface area contributed by atoms with Gasteiger partial charge in [-0.15, -0.1) is 0 Å². The Bertz CT molecular complexity index is 574. The van der Waals surface area contributed by atoms with Gasteiger partial charge in [0.05, 0.1) is 6.61 Å². The van der Waals surface area contributed by atoms with E-state index in [1.54, 1.807) is 12.1 Å². The number of aromatic hydroxyl groups is 1. The number of phenols is 1. The molecule has 5 nitrogen and oxygen atoms in total. The molecule has 5 heteroatoms. The maximum absolute atomic E-state index is 9.71. The van der Waals surface area contributed by atoms with Gasteiger partial charge in [-0.2, -0.15) is 4.98 Å². The summed E-state index contributed by atoms with van der Waals surface area (Å²) in [6.07, 6.45) is 2.05. The second kappa shape index (κ2) is 5.01. The van der Waals surface area contributed by atoms with Gasteiger partial charge in [0.1, 0.15) is 5.75 Å². The minimum Gasteiger partial charge on any atom is -0.508 e. The number of benzene rings is 1. The third-order valence-corrected chi connectivity index (χ3v) is 3.50. The Labute approximate surface area is 111 Å². The molecule has 19 heavy (non-hydrogen) atoms. The Morgan fingerprint density at radius 3 is 3.05 bits per heavy atom. The third kappa shape index (κ3) is 2.33. The molecule has 1 aliphatic heterocycles. The van der Waals surface area contributed by atoms with Crippen LogP contribution in [-0.4, -0.2) is 28.5 Å². The first-order valence-electron chi connectivity index (χ1n) is 6.46. The quantitative estimate of drug-likeness (QED) is 0.899. The zero-order chi connectivity index (χ0) is 13.2. The van der Waals surface area contributed by atoms with Crippen molar-refractivity contribution in [3.63, 3.8) is 0 Å². The zero-order valence-corrected chi connectivity index (χ0v) is 10.8. The normalized spacial score (nSPS) is 19.5. The van der Waals surface area contributed by atoms with Gasteiger partial charge in [-0.1, -0.05) is 11.2 Å². The maximum atomic E-state index is 9.71. The molecule has 1 N–H and O–H groups in total. The van der Waals surface area contributed by atoms with Crippen molar-refractivity contribution in [2.45, 2.75) is 25.7 Å². The highest BCUT2D eigenvalue weighted by molar-refractivity contribution is 5.61. The van der Waals surface area contributed by atoms with E-state index in [9.17, 15) is 5.11 Å². The van der Waals surface area contributed by atoms with Gasteiger partial charge in [0.15, 0.2) is 5.82 Å². The fourth-order valence-electron chi connectivity index (χ4n) is 2.31. The molecule has 100 valence electrons. The van der Waals surface area contributed by atoms with E-state index in [0.29, 0.717) is 18.3 Å². The average Bonchev–Trinajstić information content (AvgIpc) is 2.92. The van der Waals surface area contributed by atoms with E-state index >= 15 is 0 Å². The van der Waals surface area contributed by atoms with Crippen LogP contribution in [0.15, 0.2) is 22.7 Å². The molecule has 0 aliphatic carbocycles. The first-order chi connectivity index (χ1) is 9.25.